The van der Waals surface area contributed by atoms with Crippen molar-refractivity contribution in [3.05, 3.63) is 126 Å². The first-order chi connectivity index (χ1) is 20.3. The van der Waals surface area contributed by atoms with Gasteiger partial charge in [0.1, 0.15) is 5.75 Å². The summed E-state index contributed by atoms with van der Waals surface area (Å²) < 4.78 is 13.5. The lowest BCUT2D eigenvalue weighted by molar-refractivity contribution is -0.138. The summed E-state index contributed by atoms with van der Waals surface area (Å²) >= 11 is 1.32. The van der Waals surface area contributed by atoms with Crippen LogP contribution in [0.4, 0.5) is 0 Å². The SMILES string of the molecule is CCOC(=O)C1=C(c2ccccc2)N=c2s/c(=C/c3ccc(OCC(C)C)cc3)c(=O)n2[C@@H]1c1ccc(C(C)C)cc1. The van der Waals surface area contributed by atoms with Gasteiger partial charge in [0, 0.05) is 5.56 Å². The first-order valence-corrected chi connectivity index (χ1v) is 15.2. The van der Waals surface area contributed by atoms with Crippen molar-refractivity contribution in [3.63, 3.8) is 0 Å². The number of esters is 1. The Morgan fingerprint density at radius 2 is 1.67 bits per heavy atom. The number of rotatable bonds is 9. The molecule has 7 heteroatoms. The lowest BCUT2D eigenvalue weighted by Gasteiger charge is -2.26. The van der Waals surface area contributed by atoms with Gasteiger partial charge in [0.05, 0.1) is 35.1 Å². The molecule has 0 aliphatic carbocycles. The summed E-state index contributed by atoms with van der Waals surface area (Å²) in [5.74, 6) is 1.09. The third kappa shape index (κ3) is 6.16. The van der Waals surface area contributed by atoms with Crippen molar-refractivity contribution in [1.82, 2.24) is 4.57 Å². The van der Waals surface area contributed by atoms with Crippen molar-refractivity contribution in [2.24, 2.45) is 10.9 Å². The number of aromatic nitrogens is 1. The van der Waals surface area contributed by atoms with E-state index in [1.807, 2.05) is 72.8 Å². The molecule has 216 valence electrons. The topological polar surface area (TPSA) is 69.9 Å². The van der Waals surface area contributed by atoms with Gasteiger partial charge in [0.2, 0.25) is 0 Å². The van der Waals surface area contributed by atoms with Gasteiger partial charge < -0.3 is 9.47 Å². The number of hydrogen-bond acceptors (Lipinski definition) is 6. The van der Waals surface area contributed by atoms with E-state index >= 15 is 0 Å². The Kier molecular flexibility index (Phi) is 8.88. The first-order valence-electron chi connectivity index (χ1n) is 14.4. The van der Waals surface area contributed by atoms with E-state index in [1.54, 1.807) is 11.5 Å². The van der Waals surface area contributed by atoms with Crippen LogP contribution < -0.4 is 19.6 Å². The Morgan fingerprint density at radius 3 is 2.29 bits per heavy atom. The minimum atomic E-state index is -0.689. The fourth-order valence-corrected chi connectivity index (χ4v) is 5.89. The van der Waals surface area contributed by atoms with Crippen LogP contribution in [0.3, 0.4) is 0 Å². The second-order valence-corrected chi connectivity index (χ2v) is 12.0. The molecule has 3 aromatic carbocycles. The molecule has 0 saturated heterocycles. The number of carbonyl (C=O) groups excluding carboxylic acids is 1. The Labute approximate surface area is 250 Å². The summed E-state index contributed by atoms with van der Waals surface area (Å²) in [6.45, 7) is 11.1. The minimum absolute atomic E-state index is 0.203. The van der Waals surface area contributed by atoms with E-state index in [-0.39, 0.29) is 12.2 Å². The molecular formula is C35H36N2O4S. The van der Waals surface area contributed by atoms with E-state index < -0.39 is 12.0 Å². The molecule has 0 saturated carbocycles. The summed E-state index contributed by atoms with van der Waals surface area (Å²) in [7, 11) is 0. The molecule has 2 heterocycles. The van der Waals surface area contributed by atoms with Crippen molar-refractivity contribution >= 4 is 29.1 Å². The number of fused-ring (bicyclic) bond motifs is 1. The van der Waals surface area contributed by atoms with Gasteiger partial charge in [-0.2, -0.15) is 0 Å². The van der Waals surface area contributed by atoms with Crippen molar-refractivity contribution in [2.75, 3.05) is 13.2 Å². The zero-order valence-corrected chi connectivity index (χ0v) is 25.5. The normalized spacial score (nSPS) is 15.1. The van der Waals surface area contributed by atoms with Gasteiger partial charge in [0.15, 0.2) is 4.80 Å². The molecule has 42 heavy (non-hydrogen) atoms. The molecule has 0 spiro atoms. The molecule has 0 amide bonds. The number of benzene rings is 3. The largest absolute Gasteiger partial charge is 0.493 e. The first kappa shape index (κ1) is 29.3. The summed E-state index contributed by atoms with van der Waals surface area (Å²) in [5, 5.41) is 0. The lowest BCUT2D eigenvalue weighted by Crippen LogP contribution is -2.40. The highest BCUT2D eigenvalue weighted by molar-refractivity contribution is 7.07. The molecule has 0 unspecified atom stereocenters. The molecule has 0 N–H and O–H groups in total. The summed E-state index contributed by atoms with van der Waals surface area (Å²) in [5.41, 5.74) is 4.34. The highest BCUT2D eigenvalue weighted by Gasteiger charge is 2.35. The third-order valence-electron chi connectivity index (χ3n) is 7.05. The molecule has 5 rings (SSSR count). The number of thiazole rings is 1. The van der Waals surface area contributed by atoms with Crippen molar-refractivity contribution in [2.45, 2.75) is 46.6 Å². The van der Waals surface area contributed by atoms with Crippen LogP contribution in [0.5, 0.6) is 5.75 Å². The molecule has 0 radical (unpaired) electrons. The Balaban J connectivity index is 1.70. The third-order valence-corrected chi connectivity index (χ3v) is 8.04. The van der Waals surface area contributed by atoms with Gasteiger partial charge in [-0.25, -0.2) is 9.79 Å². The highest BCUT2D eigenvalue weighted by Crippen LogP contribution is 2.35. The van der Waals surface area contributed by atoms with Crippen LogP contribution in [0.2, 0.25) is 0 Å². The smallest absolute Gasteiger partial charge is 0.338 e. The molecular weight excluding hydrogens is 544 g/mol. The van der Waals surface area contributed by atoms with Crippen LogP contribution in [0, 0.1) is 5.92 Å². The summed E-state index contributed by atoms with van der Waals surface area (Å²) in [6.07, 6.45) is 1.87. The van der Waals surface area contributed by atoms with Crippen molar-refractivity contribution < 1.29 is 14.3 Å². The van der Waals surface area contributed by atoms with Crippen LogP contribution in [0.1, 0.15) is 68.8 Å². The number of nitrogens with zero attached hydrogens (tertiary/aromatic N) is 2. The van der Waals surface area contributed by atoms with E-state index in [0.29, 0.717) is 39.0 Å². The van der Waals surface area contributed by atoms with Gasteiger partial charge in [-0.1, -0.05) is 106 Å². The predicted molar refractivity (Wildman–Crippen MR) is 168 cm³/mol. The van der Waals surface area contributed by atoms with Crippen molar-refractivity contribution in [3.8, 4) is 5.75 Å². The summed E-state index contributed by atoms with van der Waals surface area (Å²) in [4.78, 5) is 33.1. The second-order valence-electron chi connectivity index (χ2n) is 11.0. The van der Waals surface area contributed by atoms with Crippen LogP contribution in [0.15, 0.2) is 94.2 Å². The average Bonchev–Trinajstić information content (AvgIpc) is 3.30. The van der Waals surface area contributed by atoms with E-state index in [0.717, 1.165) is 22.4 Å². The quantitative estimate of drug-likeness (QED) is 0.225. The number of hydrogen-bond donors (Lipinski definition) is 0. The fraction of sp³-hybridized carbons (Fsp3) is 0.286. The fourth-order valence-electron chi connectivity index (χ4n) is 4.89. The monoisotopic (exact) mass is 580 g/mol. The standard InChI is InChI=1S/C35H36N2O4S/c1-6-40-34(39)30-31(26-10-8-7-9-11-26)36-35-37(32(30)27-16-14-25(15-17-27)23(4)5)33(38)29(42-35)20-24-12-18-28(19-13-24)41-21-22(2)3/h7-20,22-23,32H,6,21H2,1-5H3/b29-20+/t32-/m1/s1. The van der Waals surface area contributed by atoms with Gasteiger partial charge in [-0.05, 0) is 53.7 Å². The molecule has 4 aromatic rings. The maximum atomic E-state index is 14.1. The maximum absolute atomic E-state index is 14.1. The average molecular weight is 581 g/mol. The molecule has 0 bridgehead atoms. The van der Waals surface area contributed by atoms with Crippen LogP contribution in [-0.2, 0) is 9.53 Å². The molecule has 1 atom stereocenters. The molecule has 6 nitrogen and oxygen atoms in total. The number of carbonyl (C=O) groups is 1. The molecule has 1 aliphatic rings. The molecule has 1 aromatic heterocycles. The highest BCUT2D eigenvalue weighted by atomic mass is 32.1. The van der Waals surface area contributed by atoms with E-state index in [9.17, 15) is 9.59 Å². The minimum Gasteiger partial charge on any atom is -0.493 e. The Morgan fingerprint density at radius 1 is 0.976 bits per heavy atom. The molecule has 0 fully saturated rings. The second kappa shape index (κ2) is 12.7. The summed E-state index contributed by atoms with van der Waals surface area (Å²) in [6, 6.07) is 24.7. The van der Waals surface area contributed by atoms with Gasteiger partial charge in [-0.3, -0.25) is 9.36 Å². The van der Waals surface area contributed by atoms with Gasteiger partial charge in [-0.15, -0.1) is 0 Å². The van der Waals surface area contributed by atoms with E-state index in [1.165, 1.54) is 16.9 Å². The molecule has 1 aliphatic heterocycles. The van der Waals surface area contributed by atoms with E-state index in [4.69, 9.17) is 14.5 Å². The number of ether oxygens (including phenoxy) is 2. The predicted octanol–water partition coefficient (Wildman–Crippen LogP) is 6.09. The van der Waals surface area contributed by atoms with Crippen LogP contribution >= 0.6 is 11.3 Å². The van der Waals surface area contributed by atoms with Crippen LogP contribution in [0.25, 0.3) is 11.8 Å². The van der Waals surface area contributed by atoms with Crippen LogP contribution in [-0.4, -0.2) is 23.8 Å². The van der Waals surface area contributed by atoms with Gasteiger partial charge >= 0.3 is 5.97 Å². The maximum Gasteiger partial charge on any atom is 0.338 e. The van der Waals surface area contributed by atoms with E-state index in [2.05, 4.69) is 39.8 Å². The Hall–Kier alpha value is -4.23. The zero-order chi connectivity index (χ0) is 29.8. The van der Waals surface area contributed by atoms with Gasteiger partial charge in [0.25, 0.3) is 5.56 Å². The Bertz CT molecular complexity index is 1760. The zero-order valence-electron chi connectivity index (χ0n) is 24.7. The lowest BCUT2D eigenvalue weighted by atomic mass is 9.91. The van der Waals surface area contributed by atoms with Crippen molar-refractivity contribution in [1.29, 1.82) is 0 Å².